The third kappa shape index (κ3) is 3.43. The first-order valence-electron chi connectivity index (χ1n) is 6.87. The predicted octanol–water partition coefficient (Wildman–Crippen LogP) is 2.57. The number of rotatable bonds is 6. The number of aromatic nitrogens is 1. The van der Waals surface area contributed by atoms with E-state index in [1.165, 1.54) is 25.7 Å². The van der Waals surface area contributed by atoms with Crippen LogP contribution in [0, 0.1) is 5.92 Å². The second-order valence-electron chi connectivity index (χ2n) is 4.99. The fraction of sp³-hybridized carbons (Fsp3) is 0.643. The van der Waals surface area contributed by atoms with Crippen LogP contribution < -0.4 is 16.0 Å². The van der Waals surface area contributed by atoms with E-state index in [0.29, 0.717) is 6.61 Å². The van der Waals surface area contributed by atoms with Crippen LogP contribution in [0.3, 0.4) is 0 Å². The molecule has 1 heterocycles. The number of hydrogen-bond acceptors (Lipinski definition) is 4. The number of nitrogens with two attached hydrogens (primary N) is 1. The maximum atomic E-state index is 5.69. The Morgan fingerprint density at radius 3 is 2.89 bits per heavy atom. The highest BCUT2D eigenvalue weighted by Gasteiger charge is 2.21. The second-order valence-corrected chi connectivity index (χ2v) is 4.99. The van der Waals surface area contributed by atoms with Crippen molar-refractivity contribution in [2.45, 2.75) is 45.1 Å². The van der Waals surface area contributed by atoms with Crippen LogP contribution in [0.5, 0.6) is 5.75 Å². The Hall–Kier alpha value is -1.13. The summed E-state index contributed by atoms with van der Waals surface area (Å²) < 4.78 is 5.48. The molecule has 1 fully saturated rings. The van der Waals surface area contributed by atoms with Gasteiger partial charge in [0.25, 0.3) is 0 Å². The van der Waals surface area contributed by atoms with Crippen LogP contribution in [0.25, 0.3) is 0 Å². The van der Waals surface area contributed by atoms with Gasteiger partial charge in [0.2, 0.25) is 0 Å². The van der Waals surface area contributed by atoms with Crippen molar-refractivity contribution in [2.24, 2.45) is 11.8 Å². The molecule has 2 rings (SSSR count). The molecule has 0 radical (unpaired) electrons. The van der Waals surface area contributed by atoms with Gasteiger partial charge in [0.05, 0.1) is 12.8 Å². The van der Waals surface area contributed by atoms with Gasteiger partial charge in [0, 0.05) is 12.2 Å². The van der Waals surface area contributed by atoms with Gasteiger partial charge in [-0.05, 0) is 30.9 Å². The summed E-state index contributed by atoms with van der Waals surface area (Å²) in [6, 6.07) is 2.22. The molecule has 1 aliphatic carbocycles. The van der Waals surface area contributed by atoms with Crippen LogP contribution in [-0.4, -0.2) is 11.6 Å². The average Bonchev–Trinajstić information content (AvgIpc) is 2.89. The van der Waals surface area contributed by atoms with E-state index in [4.69, 9.17) is 10.6 Å². The van der Waals surface area contributed by atoms with E-state index >= 15 is 0 Å². The third-order valence-corrected chi connectivity index (χ3v) is 3.69. The van der Waals surface area contributed by atoms with Gasteiger partial charge in [-0.25, -0.2) is 0 Å². The Bertz CT molecular complexity index is 364. The van der Waals surface area contributed by atoms with E-state index in [0.717, 1.165) is 23.7 Å². The molecule has 0 aliphatic heterocycles. The lowest BCUT2D eigenvalue weighted by Gasteiger charge is -2.20. The molecule has 1 aromatic rings. The molecule has 1 unspecified atom stereocenters. The third-order valence-electron chi connectivity index (χ3n) is 3.69. The number of ether oxygens (including phenoxy) is 1. The highest BCUT2D eigenvalue weighted by molar-refractivity contribution is 5.26. The lowest BCUT2D eigenvalue weighted by atomic mass is 9.95. The Morgan fingerprint density at radius 2 is 2.22 bits per heavy atom. The normalized spacial score (nSPS) is 17.9. The maximum absolute atomic E-state index is 5.69. The molecule has 0 bridgehead atoms. The SMILES string of the molecule is CCOc1cncc(C(CC2CCCC2)NN)c1. The van der Waals surface area contributed by atoms with Crippen LogP contribution in [-0.2, 0) is 0 Å². The maximum Gasteiger partial charge on any atom is 0.137 e. The van der Waals surface area contributed by atoms with Crippen molar-refractivity contribution in [2.75, 3.05) is 6.61 Å². The summed E-state index contributed by atoms with van der Waals surface area (Å²) in [5, 5.41) is 0. The number of pyridine rings is 1. The minimum atomic E-state index is 0.181. The van der Waals surface area contributed by atoms with Gasteiger partial charge in [-0.15, -0.1) is 0 Å². The van der Waals surface area contributed by atoms with Crippen LogP contribution in [0.2, 0.25) is 0 Å². The van der Waals surface area contributed by atoms with E-state index in [1.54, 1.807) is 6.20 Å². The van der Waals surface area contributed by atoms with Gasteiger partial charge in [-0.2, -0.15) is 0 Å². The van der Waals surface area contributed by atoms with E-state index in [9.17, 15) is 0 Å². The van der Waals surface area contributed by atoms with E-state index < -0.39 is 0 Å². The molecule has 18 heavy (non-hydrogen) atoms. The van der Waals surface area contributed by atoms with Gasteiger partial charge < -0.3 is 4.74 Å². The zero-order valence-electron chi connectivity index (χ0n) is 11.1. The minimum absolute atomic E-state index is 0.181. The molecular weight excluding hydrogens is 226 g/mol. The van der Waals surface area contributed by atoms with Gasteiger partial charge in [0.15, 0.2) is 0 Å². The zero-order valence-corrected chi connectivity index (χ0v) is 11.1. The van der Waals surface area contributed by atoms with Crippen molar-refractivity contribution in [1.29, 1.82) is 0 Å². The smallest absolute Gasteiger partial charge is 0.137 e. The summed E-state index contributed by atoms with van der Waals surface area (Å²) in [5.41, 5.74) is 4.04. The zero-order chi connectivity index (χ0) is 12.8. The fourth-order valence-corrected chi connectivity index (χ4v) is 2.75. The summed E-state index contributed by atoms with van der Waals surface area (Å²) in [4.78, 5) is 4.23. The number of hydrazine groups is 1. The molecule has 0 spiro atoms. The fourth-order valence-electron chi connectivity index (χ4n) is 2.75. The largest absolute Gasteiger partial charge is 0.492 e. The summed E-state index contributed by atoms with van der Waals surface area (Å²) >= 11 is 0. The van der Waals surface area contributed by atoms with E-state index in [1.807, 2.05) is 19.2 Å². The second kappa shape index (κ2) is 6.71. The quantitative estimate of drug-likeness (QED) is 0.601. The highest BCUT2D eigenvalue weighted by atomic mass is 16.5. The van der Waals surface area contributed by atoms with Gasteiger partial charge in [-0.3, -0.25) is 16.3 Å². The Morgan fingerprint density at radius 1 is 1.44 bits per heavy atom. The molecular formula is C14H23N3O. The minimum Gasteiger partial charge on any atom is -0.492 e. The Labute approximate surface area is 109 Å². The molecule has 4 heteroatoms. The topological polar surface area (TPSA) is 60.2 Å². The first-order valence-corrected chi connectivity index (χ1v) is 6.87. The number of hydrogen-bond donors (Lipinski definition) is 2. The molecule has 0 amide bonds. The molecule has 3 N–H and O–H groups in total. The molecule has 1 aliphatic rings. The standard InChI is InChI=1S/C14H23N3O/c1-2-18-13-8-12(9-16-10-13)14(17-15)7-11-5-3-4-6-11/h8-11,14,17H,2-7,15H2,1H3. The molecule has 1 atom stereocenters. The van der Waals surface area contributed by atoms with Crippen LogP contribution in [0.1, 0.15) is 50.6 Å². The highest BCUT2D eigenvalue weighted by Crippen LogP contribution is 2.33. The molecule has 0 aromatic carbocycles. The molecule has 4 nitrogen and oxygen atoms in total. The Balaban J connectivity index is 2.03. The van der Waals surface area contributed by atoms with Crippen molar-refractivity contribution in [3.63, 3.8) is 0 Å². The van der Waals surface area contributed by atoms with Crippen molar-refractivity contribution < 1.29 is 4.74 Å². The lowest BCUT2D eigenvalue weighted by Crippen LogP contribution is -2.29. The van der Waals surface area contributed by atoms with Crippen molar-refractivity contribution in [3.05, 3.63) is 24.0 Å². The van der Waals surface area contributed by atoms with E-state index in [-0.39, 0.29) is 6.04 Å². The van der Waals surface area contributed by atoms with Gasteiger partial charge >= 0.3 is 0 Å². The summed E-state index contributed by atoms with van der Waals surface area (Å²) in [6.07, 6.45) is 10.1. The molecule has 0 saturated heterocycles. The summed E-state index contributed by atoms with van der Waals surface area (Å²) in [6.45, 7) is 2.64. The molecule has 100 valence electrons. The van der Waals surface area contributed by atoms with Gasteiger partial charge in [-0.1, -0.05) is 25.7 Å². The summed E-state index contributed by atoms with van der Waals surface area (Å²) in [7, 11) is 0. The van der Waals surface area contributed by atoms with Crippen molar-refractivity contribution in [3.8, 4) is 5.75 Å². The monoisotopic (exact) mass is 249 g/mol. The first-order chi connectivity index (χ1) is 8.83. The van der Waals surface area contributed by atoms with Crippen LogP contribution in [0.15, 0.2) is 18.5 Å². The molecule has 1 saturated carbocycles. The average molecular weight is 249 g/mol. The lowest BCUT2D eigenvalue weighted by molar-refractivity contribution is 0.336. The molecule has 1 aromatic heterocycles. The van der Waals surface area contributed by atoms with Crippen LogP contribution in [0.4, 0.5) is 0 Å². The van der Waals surface area contributed by atoms with Crippen molar-refractivity contribution in [1.82, 2.24) is 10.4 Å². The summed E-state index contributed by atoms with van der Waals surface area (Å²) in [5.74, 6) is 7.30. The van der Waals surface area contributed by atoms with E-state index in [2.05, 4.69) is 10.4 Å². The number of nitrogens with zero attached hydrogens (tertiary/aromatic N) is 1. The van der Waals surface area contributed by atoms with Crippen LogP contribution >= 0.6 is 0 Å². The number of nitrogens with one attached hydrogen (secondary N) is 1. The van der Waals surface area contributed by atoms with Gasteiger partial charge in [0.1, 0.15) is 5.75 Å². The first kappa shape index (κ1) is 13.3. The Kier molecular flexibility index (Phi) is 4.96. The van der Waals surface area contributed by atoms with Crippen molar-refractivity contribution >= 4 is 0 Å². The predicted molar refractivity (Wildman–Crippen MR) is 72.0 cm³/mol.